The Morgan fingerprint density at radius 2 is 1.90 bits per heavy atom. The average Bonchev–Trinajstić information content (AvgIpc) is 3.47. The Bertz CT molecular complexity index is 1080. The summed E-state index contributed by atoms with van der Waals surface area (Å²) in [6.45, 7) is 0.760. The molecule has 3 heterocycles. The molecule has 146 valence electrons. The van der Waals surface area contributed by atoms with E-state index in [-0.39, 0.29) is 23.4 Å². The van der Waals surface area contributed by atoms with E-state index in [0.717, 1.165) is 16.8 Å². The Balaban J connectivity index is 1.57. The zero-order chi connectivity index (χ0) is 20.0. The van der Waals surface area contributed by atoms with Gasteiger partial charge in [0.25, 0.3) is 11.8 Å². The summed E-state index contributed by atoms with van der Waals surface area (Å²) in [5.41, 5.74) is 2.39. The number of benzene rings is 2. The van der Waals surface area contributed by atoms with Gasteiger partial charge in [0.2, 0.25) is 0 Å². The molecule has 1 saturated heterocycles. The molecule has 1 spiro atoms. The molecule has 1 unspecified atom stereocenters. The molecule has 0 N–H and O–H groups in total. The van der Waals surface area contributed by atoms with Gasteiger partial charge in [0.05, 0.1) is 18.5 Å². The van der Waals surface area contributed by atoms with E-state index in [1.165, 1.54) is 30.2 Å². The molecule has 5 nitrogen and oxygen atoms in total. The molecule has 0 bridgehead atoms. The number of furan rings is 1. The molecule has 1 aromatic heterocycles. The first-order valence-corrected chi connectivity index (χ1v) is 10.2. The van der Waals surface area contributed by atoms with Gasteiger partial charge in [-0.1, -0.05) is 30.3 Å². The van der Waals surface area contributed by atoms with Gasteiger partial charge in [0.15, 0.2) is 10.6 Å². The molecule has 0 saturated carbocycles. The van der Waals surface area contributed by atoms with Gasteiger partial charge in [0.1, 0.15) is 5.82 Å². The average molecular weight is 408 g/mol. The number of carbonyl (C=O) groups is 2. The molecule has 2 aliphatic heterocycles. The zero-order valence-corrected chi connectivity index (χ0v) is 16.2. The van der Waals surface area contributed by atoms with Gasteiger partial charge >= 0.3 is 0 Å². The van der Waals surface area contributed by atoms with Gasteiger partial charge in [-0.3, -0.25) is 9.59 Å². The Kier molecular flexibility index (Phi) is 4.20. The van der Waals surface area contributed by atoms with Crippen molar-refractivity contribution in [2.75, 3.05) is 17.2 Å². The quantitative estimate of drug-likeness (QED) is 0.657. The van der Waals surface area contributed by atoms with E-state index in [4.69, 9.17) is 4.42 Å². The third-order valence-electron chi connectivity index (χ3n) is 5.33. The maximum Gasteiger partial charge on any atom is 0.291 e. The van der Waals surface area contributed by atoms with Crippen molar-refractivity contribution < 1.29 is 18.4 Å². The minimum atomic E-state index is -1.11. The molecule has 2 amide bonds. The van der Waals surface area contributed by atoms with Gasteiger partial charge in [-0.2, -0.15) is 0 Å². The molecule has 3 aromatic rings. The van der Waals surface area contributed by atoms with E-state index in [1.807, 2.05) is 24.3 Å². The predicted molar refractivity (Wildman–Crippen MR) is 108 cm³/mol. The number of fused-ring (bicyclic) bond motifs is 2. The first kappa shape index (κ1) is 18.0. The van der Waals surface area contributed by atoms with Crippen LogP contribution < -0.4 is 4.90 Å². The molecule has 0 aliphatic carbocycles. The highest BCUT2D eigenvalue weighted by Gasteiger charge is 2.59. The van der Waals surface area contributed by atoms with Crippen LogP contribution in [0, 0.1) is 5.82 Å². The van der Waals surface area contributed by atoms with Crippen LogP contribution in [0.2, 0.25) is 0 Å². The lowest BCUT2D eigenvalue weighted by Crippen LogP contribution is -2.50. The zero-order valence-electron chi connectivity index (χ0n) is 15.4. The number of thioether (sulfide) groups is 1. The van der Waals surface area contributed by atoms with E-state index < -0.39 is 4.87 Å². The van der Waals surface area contributed by atoms with Gasteiger partial charge < -0.3 is 14.2 Å². The Morgan fingerprint density at radius 3 is 2.66 bits per heavy atom. The second kappa shape index (κ2) is 6.77. The van der Waals surface area contributed by atoms with E-state index in [1.54, 1.807) is 34.1 Å². The van der Waals surface area contributed by atoms with Crippen LogP contribution in [-0.4, -0.2) is 29.0 Å². The molecular formula is C22H17FN2O3S. The lowest BCUT2D eigenvalue weighted by molar-refractivity contribution is -0.123. The minimum absolute atomic E-state index is 0.162. The van der Waals surface area contributed by atoms with Crippen molar-refractivity contribution in [3.05, 3.63) is 89.6 Å². The van der Waals surface area contributed by atoms with E-state index in [9.17, 15) is 14.0 Å². The molecule has 1 atom stereocenters. The van der Waals surface area contributed by atoms with Gasteiger partial charge in [-0.15, -0.1) is 11.8 Å². The SMILES string of the molecule is O=C(c1ccco1)N1CCSC12C(=O)N(Cc1ccc(F)cc1)c1ccccc12. The fourth-order valence-electron chi connectivity index (χ4n) is 4.03. The fourth-order valence-corrected chi connectivity index (χ4v) is 5.49. The monoisotopic (exact) mass is 408 g/mol. The minimum Gasteiger partial charge on any atom is -0.459 e. The smallest absolute Gasteiger partial charge is 0.291 e. The summed E-state index contributed by atoms with van der Waals surface area (Å²) in [6.07, 6.45) is 1.45. The fraction of sp³-hybridized carbons (Fsp3) is 0.182. The number of anilines is 1. The van der Waals surface area contributed by atoms with E-state index >= 15 is 0 Å². The normalized spacial score (nSPS) is 20.5. The Morgan fingerprint density at radius 1 is 1.10 bits per heavy atom. The first-order chi connectivity index (χ1) is 14.1. The van der Waals surface area contributed by atoms with Crippen LogP contribution in [0.25, 0.3) is 0 Å². The van der Waals surface area contributed by atoms with Crippen molar-refractivity contribution in [2.24, 2.45) is 0 Å². The van der Waals surface area contributed by atoms with Crippen molar-refractivity contribution in [1.82, 2.24) is 4.90 Å². The van der Waals surface area contributed by atoms with Crippen LogP contribution in [0.3, 0.4) is 0 Å². The second-order valence-electron chi connectivity index (χ2n) is 6.96. The third kappa shape index (κ3) is 2.68. The molecule has 5 rings (SSSR count). The summed E-state index contributed by atoms with van der Waals surface area (Å²) >= 11 is 1.47. The third-order valence-corrected chi connectivity index (χ3v) is 6.75. The highest BCUT2D eigenvalue weighted by atomic mass is 32.2. The lowest BCUT2D eigenvalue weighted by Gasteiger charge is -2.32. The highest BCUT2D eigenvalue weighted by molar-refractivity contribution is 8.01. The van der Waals surface area contributed by atoms with Crippen molar-refractivity contribution in [3.63, 3.8) is 0 Å². The number of nitrogens with zero attached hydrogens (tertiary/aromatic N) is 2. The number of halogens is 1. The summed E-state index contributed by atoms with van der Waals surface area (Å²) in [5, 5.41) is 0. The summed E-state index contributed by atoms with van der Waals surface area (Å²) in [4.78, 5) is 29.1. The predicted octanol–water partition coefficient (Wildman–Crippen LogP) is 4.01. The molecular weight excluding hydrogens is 391 g/mol. The molecule has 0 radical (unpaired) electrons. The van der Waals surface area contributed by atoms with Crippen LogP contribution in [0.5, 0.6) is 0 Å². The van der Waals surface area contributed by atoms with Crippen molar-refractivity contribution in [1.29, 1.82) is 0 Å². The number of hydrogen-bond donors (Lipinski definition) is 0. The Hall–Kier alpha value is -3.06. The topological polar surface area (TPSA) is 53.8 Å². The van der Waals surface area contributed by atoms with Gasteiger partial charge in [-0.25, -0.2) is 4.39 Å². The maximum absolute atomic E-state index is 13.7. The van der Waals surface area contributed by atoms with Crippen molar-refractivity contribution in [2.45, 2.75) is 11.4 Å². The van der Waals surface area contributed by atoms with E-state index in [0.29, 0.717) is 18.8 Å². The lowest BCUT2D eigenvalue weighted by atomic mass is 10.1. The van der Waals surface area contributed by atoms with Crippen molar-refractivity contribution in [3.8, 4) is 0 Å². The molecule has 2 aromatic carbocycles. The van der Waals surface area contributed by atoms with Gasteiger partial charge in [0, 0.05) is 17.9 Å². The molecule has 2 aliphatic rings. The van der Waals surface area contributed by atoms with Crippen LogP contribution >= 0.6 is 11.8 Å². The summed E-state index contributed by atoms with van der Waals surface area (Å²) in [6, 6.07) is 16.9. The molecule has 7 heteroatoms. The Labute approximate surface area is 171 Å². The van der Waals surface area contributed by atoms with Crippen LogP contribution in [0.4, 0.5) is 10.1 Å². The maximum atomic E-state index is 13.7. The number of carbonyl (C=O) groups excluding carboxylic acids is 2. The summed E-state index contributed by atoms with van der Waals surface area (Å²) in [5.74, 6) is 0.0861. The highest BCUT2D eigenvalue weighted by Crippen LogP contribution is 2.54. The van der Waals surface area contributed by atoms with Crippen LogP contribution in [0.1, 0.15) is 21.7 Å². The summed E-state index contributed by atoms with van der Waals surface area (Å²) in [7, 11) is 0. The number of para-hydroxylation sites is 1. The number of amides is 2. The van der Waals surface area contributed by atoms with Crippen LogP contribution in [0.15, 0.2) is 71.3 Å². The first-order valence-electron chi connectivity index (χ1n) is 9.26. The largest absolute Gasteiger partial charge is 0.459 e. The number of rotatable bonds is 3. The van der Waals surface area contributed by atoms with E-state index in [2.05, 4.69) is 0 Å². The molecule has 29 heavy (non-hydrogen) atoms. The van der Waals surface area contributed by atoms with Crippen LogP contribution in [-0.2, 0) is 16.2 Å². The number of hydrogen-bond acceptors (Lipinski definition) is 4. The van der Waals surface area contributed by atoms with Crippen molar-refractivity contribution >= 4 is 29.3 Å². The second-order valence-corrected chi connectivity index (χ2v) is 8.25. The summed E-state index contributed by atoms with van der Waals surface area (Å²) < 4.78 is 18.6. The van der Waals surface area contributed by atoms with Gasteiger partial charge in [-0.05, 0) is 35.9 Å². The molecule has 1 fully saturated rings. The standard InChI is InChI=1S/C22H17FN2O3S/c23-16-9-7-15(8-10-16)14-24-18-5-2-1-4-17(18)22(21(24)27)25(11-13-29-22)20(26)19-6-3-12-28-19/h1-10,12H,11,13-14H2.